The molecule has 1 saturated carbocycles. The molecule has 0 atom stereocenters. The van der Waals surface area contributed by atoms with Gasteiger partial charge in [-0.2, -0.15) is 18.4 Å². The summed E-state index contributed by atoms with van der Waals surface area (Å²) in [7, 11) is 1.70. The van der Waals surface area contributed by atoms with Gasteiger partial charge in [0.1, 0.15) is 0 Å². The first kappa shape index (κ1) is 54.1. The van der Waals surface area contributed by atoms with Gasteiger partial charge in [-0.25, -0.2) is 4.39 Å². The lowest BCUT2D eigenvalue weighted by Gasteiger charge is -2.34. The first-order valence-electron chi connectivity index (χ1n) is 15.8. The number of ether oxygens (including phenoxy) is 1. The van der Waals surface area contributed by atoms with E-state index in [0.29, 0.717) is 10.9 Å². The quantitative estimate of drug-likeness (QED) is 0.220. The minimum absolute atomic E-state index is 0.190. The summed E-state index contributed by atoms with van der Waals surface area (Å²) in [6, 6.07) is 2.81. The lowest BCUT2D eigenvalue weighted by molar-refractivity contribution is -0.164. The van der Waals surface area contributed by atoms with Crippen LogP contribution in [0.3, 0.4) is 0 Å². The Hall–Kier alpha value is -0.390. The van der Waals surface area contributed by atoms with E-state index in [2.05, 4.69) is 83.1 Å². The maximum atomic E-state index is 11.2. The first-order valence-corrected chi connectivity index (χ1v) is 16.7. The molecule has 0 aromatic carbocycles. The minimum Gasteiger partial charge on any atom is -0.382 e. The highest BCUT2D eigenvalue weighted by molar-refractivity contribution is 9.09. The molecule has 0 aromatic rings. The normalized spacial score (nSPS) is 13.8. The molecule has 0 radical (unpaired) electrons. The number of rotatable bonds is 3. The summed E-state index contributed by atoms with van der Waals surface area (Å²) in [6.07, 6.45) is 0.128. The van der Waals surface area contributed by atoms with Crippen molar-refractivity contribution in [2.24, 2.45) is 29.6 Å². The molecule has 1 saturated heterocycles. The summed E-state index contributed by atoms with van der Waals surface area (Å²) in [5.74, 6) is 1.89. The van der Waals surface area contributed by atoms with E-state index in [1.54, 1.807) is 7.11 Å². The van der Waals surface area contributed by atoms with Crippen molar-refractivity contribution >= 4 is 15.9 Å². The number of nitrogens with zero attached hydrogens (tertiary/aromatic N) is 2. The Kier molecular flexibility index (Phi) is 45.2. The zero-order valence-electron chi connectivity index (χ0n) is 30.9. The average molecular weight is 682 g/mol. The standard InChI is InChI=1S/C6H13N.C6H12.C4H7F3.C4H7N.C4H10O.C4H10.C3H7Br.C3H7F/c1-6(2)7-4-3-5-7;1-5(2)6-3-4-6;1-3(2)4(5,6)7;1-4(2)3-5;1-4(2)5-3;1-4(2)3;2*1-3(2)4/h6H,3-5H2,1-2H3;5-6H,3-4H2,1-2H3;3H,1-2H3;4H,1-2H3;4H,1-3H3;4H,1-3H3;2*3H,1-2H3. The van der Waals surface area contributed by atoms with Crippen LogP contribution in [0.1, 0.15) is 137 Å². The predicted octanol–water partition coefficient (Wildman–Crippen LogP) is 12.4. The van der Waals surface area contributed by atoms with E-state index >= 15 is 0 Å². The lowest BCUT2D eigenvalue weighted by Crippen LogP contribution is -2.41. The van der Waals surface area contributed by atoms with Crippen LogP contribution in [0.2, 0.25) is 0 Å². The number of methoxy groups -OCH3 is 1. The SMILES string of the molecule is CC(C)Br.CC(C)C.CC(C)C#N.CC(C)C(F)(F)F.CC(C)C1CC1.CC(C)F.CC(C)N1CCC1.COC(C)C. The summed E-state index contributed by atoms with van der Waals surface area (Å²) in [5, 5.41) is 7.89. The van der Waals surface area contributed by atoms with Crippen LogP contribution in [-0.4, -0.2) is 54.4 Å². The van der Waals surface area contributed by atoms with Gasteiger partial charge in [-0.05, 0) is 105 Å². The molecule has 0 spiro atoms. The number of nitriles is 1. The van der Waals surface area contributed by atoms with E-state index in [-0.39, 0.29) is 5.92 Å². The number of hydrogen-bond donors (Lipinski definition) is 0. The van der Waals surface area contributed by atoms with Crippen LogP contribution < -0.4 is 0 Å². The lowest BCUT2D eigenvalue weighted by atomic mass is 10.1. The van der Waals surface area contributed by atoms with Crippen LogP contribution in [-0.2, 0) is 4.74 Å². The molecule has 0 aromatic heterocycles. The number of halogens is 5. The van der Waals surface area contributed by atoms with Gasteiger partial charge in [0.25, 0.3) is 0 Å². The minimum atomic E-state index is -4.00. The van der Waals surface area contributed by atoms with Crippen LogP contribution in [0.5, 0.6) is 0 Å². The number of likely N-dealkylation sites (tertiary alicyclic amines) is 1. The molecule has 2 aliphatic rings. The van der Waals surface area contributed by atoms with Crippen molar-refractivity contribution < 1.29 is 22.3 Å². The molecule has 3 nitrogen and oxygen atoms in total. The van der Waals surface area contributed by atoms with Gasteiger partial charge in [0, 0.05) is 29.8 Å². The molecule has 1 aliphatic carbocycles. The van der Waals surface area contributed by atoms with E-state index in [1.165, 1.54) is 46.2 Å². The van der Waals surface area contributed by atoms with Gasteiger partial charge in [0.05, 0.1) is 18.3 Å². The van der Waals surface area contributed by atoms with Crippen LogP contribution >= 0.6 is 15.9 Å². The Balaban J connectivity index is -0.0000000892. The van der Waals surface area contributed by atoms with Crippen molar-refractivity contribution in [3.8, 4) is 6.07 Å². The van der Waals surface area contributed by atoms with Crippen LogP contribution in [0, 0.1) is 40.9 Å². The van der Waals surface area contributed by atoms with Crippen molar-refractivity contribution in [3.63, 3.8) is 0 Å². The first-order chi connectivity index (χ1) is 18.8. The third-order valence-electron chi connectivity index (χ3n) is 4.57. The van der Waals surface area contributed by atoms with Gasteiger partial charge in [-0.1, -0.05) is 78.2 Å². The molecule has 8 heteroatoms. The van der Waals surface area contributed by atoms with Gasteiger partial charge in [0.15, 0.2) is 0 Å². The van der Waals surface area contributed by atoms with Crippen LogP contribution in [0.15, 0.2) is 0 Å². The second-order valence-electron chi connectivity index (χ2n) is 13.1. The molecular weight excluding hydrogens is 608 g/mol. The fourth-order valence-electron chi connectivity index (χ4n) is 1.62. The summed E-state index contributed by atoms with van der Waals surface area (Å²) in [6.45, 7) is 35.4. The summed E-state index contributed by atoms with van der Waals surface area (Å²) in [5.41, 5.74) is 0. The van der Waals surface area contributed by atoms with E-state index in [4.69, 9.17) is 10.00 Å². The Morgan fingerprint density at radius 1 is 0.786 bits per heavy atom. The Morgan fingerprint density at radius 3 is 1.02 bits per heavy atom. The van der Waals surface area contributed by atoms with Gasteiger partial charge in [-0.3, -0.25) is 0 Å². The summed E-state index contributed by atoms with van der Waals surface area (Å²) in [4.78, 5) is 3.12. The van der Waals surface area contributed by atoms with Gasteiger partial charge >= 0.3 is 6.18 Å². The summed E-state index contributed by atoms with van der Waals surface area (Å²) >= 11 is 3.27. The molecule has 0 unspecified atom stereocenters. The second kappa shape index (κ2) is 35.1. The van der Waals surface area contributed by atoms with Crippen LogP contribution in [0.25, 0.3) is 0 Å². The van der Waals surface area contributed by atoms with Gasteiger partial charge in [0.2, 0.25) is 0 Å². The molecule has 0 amide bonds. The van der Waals surface area contributed by atoms with Gasteiger partial charge < -0.3 is 9.64 Å². The maximum absolute atomic E-state index is 11.2. The molecule has 260 valence electrons. The van der Waals surface area contributed by atoms with Crippen molar-refractivity contribution in [2.45, 2.75) is 166 Å². The molecule has 0 bridgehead atoms. The maximum Gasteiger partial charge on any atom is 0.391 e. The number of hydrogen-bond acceptors (Lipinski definition) is 3. The zero-order chi connectivity index (χ0) is 35.2. The molecule has 42 heavy (non-hydrogen) atoms. The fraction of sp³-hybridized carbons (Fsp3) is 0.971. The second-order valence-corrected chi connectivity index (χ2v) is 14.9. The zero-order valence-corrected chi connectivity index (χ0v) is 32.5. The molecule has 1 aliphatic heterocycles. The third-order valence-corrected chi connectivity index (χ3v) is 4.57. The van der Waals surface area contributed by atoms with E-state index < -0.39 is 18.3 Å². The largest absolute Gasteiger partial charge is 0.391 e. The van der Waals surface area contributed by atoms with E-state index in [0.717, 1.165) is 37.6 Å². The molecule has 2 fully saturated rings. The highest BCUT2D eigenvalue weighted by Gasteiger charge is 2.31. The smallest absolute Gasteiger partial charge is 0.382 e. The van der Waals surface area contributed by atoms with Crippen molar-refractivity contribution in [2.75, 3.05) is 20.2 Å². The predicted molar refractivity (Wildman–Crippen MR) is 183 cm³/mol. The van der Waals surface area contributed by atoms with E-state index in [1.807, 2.05) is 33.8 Å². The van der Waals surface area contributed by atoms with Crippen molar-refractivity contribution in [3.05, 3.63) is 0 Å². The molecule has 0 N–H and O–H groups in total. The van der Waals surface area contributed by atoms with Gasteiger partial charge in [-0.15, -0.1) is 0 Å². The highest BCUT2D eigenvalue weighted by Crippen LogP contribution is 2.35. The molecule has 2 rings (SSSR count). The fourth-order valence-corrected chi connectivity index (χ4v) is 1.62. The topological polar surface area (TPSA) is 36.3 Å². The Morgan fingerprint density at radius 2 is 1.02 bits per heavy atom. The Labute approximate surface area is 270 Å². The van der Waals surface area contributed by atoms with Crippen molar-refractivity contribution in [1.82, 2.24) is 4.90 Å². The van der Waals surface area contributed by atoms with Crippen molar-refractivity contribution in [1.29, 1.82) is 5.26 Å². The number of alkyl halides is 5. The van der Waals surface area contributed by atoms with E-state index in [9.17, 15) is 17.6 Å². The summed E-state index contributed by atoms with van der Waals surface area (Å²) < 4.78 is 49.3. The molecular formula is C34H73BrF4N2O. The van der Waals surface area contributed by atoms with Crippen LogP contribution in [0.4, 0.5) is 17.6 Å². The highest BCUT2D eigenvalue weighted by atomic mass is 79.9. The molecule has 1 heterocycles. The average Bonchev–Trinajstić information content (AvgIpc) is 3.57. The third kappa shape index (κ3) is 83.4. The monoisotopic (exact) mass is 680 g/mol. The Bertz CT molecular complexity index is 514.